The number of rotatable bonds is 5. The molecule has 3 heteroatoms. The van der Waals surface area contributed by atoms with Crippen molar-refractivity contribution in [2.24, 2.45) is 5.92 Å². The van der Waals surface area contributed by atoms with Gasteiger partial charge in [0.05, 0.1) is 0 Å². The van der Waals surface area contributed by atoms with Crippen LogP contribution >= 0.6 is 0 Å². The van der Waals surface area contributed by atoms with E-state index in [0.717, 1.165) is 26.1 Å². The van der Waals surface area contributed by atoms with Gasteiger partial charge < -0.3 is 15.3 Å². The maximum Gasteiger partial charge on any atom is 0.0476 e. The van der Waals surface area contributed by atoms with E-state index in [2.05, 4.69) is 49.2 Å². The van der Waals surface area contributed by atoms with Crippen molar-refractivity contribution < 1.29 is 5.11 Å². The Balaban J connectivity index is 2.02. The van der Waals surface area contributed by atoms with Crippen LogP contribution in [0.1, 0.15) is 31.4 Å². The van der Waals surface area contributed by atoms with Crippen molar-refractivity contribution in [2.45, 2.75) is 39.8 Å². The van der Waals surface area contributed by atoms with Gasteiger partial charge in [-0.25, -0.2) is 0 Å². The third-order valence-corrected chi connectivity index (χ3v) is 3.94. The van der Waals surface area contributed by atoms with Gasteiger partial charge in [-0.15, -0.1) is 0 Å². The number of nitrogens with one attached hydrogen (secondary N) is 1. The number of hydrogen-bond acceptors (Lipinski definition) is 3. The molecule has 3 nitrogen and oxygen atoms in total. The Labute approximate surface area is 116 Å². The highest BCUT2D eigenvalue weighted by atomic mass is 16.3. The average Bonchev–Trinajstić information content (AvgIpc) is 2.85. The molecule has 0 radical (unpaired) electrons. The molecule has 0 aromatic heterocycles. The lowest BCUT2D eigenvalue weighted by molar-refractivity contribution is 0.238. The van der Waals surface area contributed by atoms with Gasteiger partial charge in [0.25, 0.3) is 0 Å². The monoisotopic (exact) mass is 262 g/mol. The lowest BCUT2D eigenvalue weighted by Crippen LogP contribution is -2.23. The van der Waals surface area contributed by atoms with Gasteiger partial charge >= 0.3 is 0 Å². The van der Waals surface area contributed by atoms with Crippen LogP contribution in [0.5, 0.6) is 0 Å². The molecule has 1 fully saturated rings. The molecule has 0 aliphatic carbocycles. The second-order valence-electron chi connectivity index (χ2n) is 5.93. The van der Waals surface area contributed by atoms with Gasteiger partial charge in [-0.1, -0.05) is 19.9 Å². The summed E-state index contributed by atoms with van der Waals surface area (Å²) in [5.74, 6) is 0.447. The van der Waals surface area contributed by atoms with Crippen LogP contribution in [0.3, 0.4) is 0 Å². The molecule has 1 aliphatic rings. The van der Waals surface area contributed by atoms with Gasteiger partial charge in [-0.2, -0.15) is 0 Å². The summed E-state index contributed by atoms with van der Waals surface area (Å²) in [6.07, 6.45) is 1.10. The lowest BCUT2D eigenvalue weighted by atomic mass is 10.1. The number of aryl methyl sites for hydroxylation is 1. The topological polar surface area (TPSA) is 35.5 Å². The van der Waals surface area contributed by atoms with Crippen molar-refractivity contribution in [1.29, 1.82) is 0 Å². The van der Waals surface area contributed by atoms with Crippen molar-refractivity contribution in [3.63, 3.8) is 0 Å². The van der Waals surface area contributed by atoms with E-state index in [9.17, 15) is 5.11 Å². The van der Waals surface area contributed by atoms with Crippen molar-refractivity contribution in [1.82, 2.24) is 5.32 Å². The molecule has 1 atom stereocenters. The minimum Gasteiger partial charge on any atom is -0.396 e. The standard InChI is InChI=1S/C16H26N2O/c1-12(2)17-9-15-4-5-16(8-13(15)3)18-7-6-14(10-18)11-19/h4-5,8,12,14,17,19H,6-7,9-11H2,1-3H3. The zero-order chi connectivity index (χ0) is 13.8. The molecule has 0 spiro atoms. The third-order valence-electron chi connectivity index (χ3n) is 3.94. The summed E-state index contributed by atoms with van der Waals surface area (Å²) in [4.78, 5) is 2.38. The molecule has 0 amide bonds. The minimum absolute atomic E-state index is 0.311. The normalized spacial score (nSPS) is 19.4. The highest BCUT2D eigenvalue weighted by Crippen LogP contribution is 2.25. The fraction of sp³-hybridized carbons (Fsp3) is 0.625. The molecule has 1 aliphatic heterocycles. The molecule has 1 unspecified atom stereocenters. The molecular weight excluding hydrogens is 236 g/mol. The van der Waals surface area contributed by atoms with Gasteiger partial charge in [0.2, 0.25) is 0 Å². The predicted octanol–water partition coefficient (Wildman–Crippen LogP) is 2.31. The van der Waals surface area contributed by atoms with Crippen LogP contribution in [0.2, 0.25) is 0 Å². The molecule has 106 valence electrons. The van der Waals surface area contributed by atoms with E-state index in [-0.39, 0.29) is 0 Å². The predicted molar refractivity (Wildman–Crippen MR) is 80.6 cm³/mol. The Kier molecular flexibility index (Phi) is 4.83. The van der Waals surface area contributed by atoms with Gasteiger partial charge in [0.15, 0.2) is 0 Å². The quantitative estimate of drug-likeness (QED) is 0.855. The number of nitrogens with zero attached hydrogens (tertiary/aromatic N) is 1. The Bertz CT molecular complexity index is 417. The van der Waals surface area contributed by atoms with E-state index in [1.54, 1.807) is 0 Å². The van der Waals surface area contributed by atoms with Crippen molar-refractivity contribution in [3.05, 3.63) is 29.3 Å². The minimum atomic E-state index is 0.311. The zero-order valence-electron chi connectivity index (χ0n) is 12.3. The average molecular weight is 262 g/mol. The molecule has 2 N–H and O–H groups in total. The Morgan fingerprint density at radius 1 is 1.42 bits per heavy atom. The van der Waals surface area contributed by atoms with Crippen LogP contribution in [-0.4, -0.2) is 30.8 Å². The highest BCUT2D eigenvalue weighted by molar-refractivity contribution is 5.51. The Morgan fingerprint density at radius 2 is 2.21 bits per heavy atom. The van der Waals surface area contributed by atoms with E-state index < -0.39 is 0 Å². The second kappa shape index (κ2) is 6.40. The Morgan fingerprint density at radius 3 is 2.79 bits per heavy atom. The third kappa shape index (κ3) is 3.71. The van der Waals surface area contributed by atoms with E-state index in [1.165, 1.54) is 16.8 Å². The van der Waals surface area contributed by atoms with Gasteiger partial charge in [-0.3, -0.25) is 0 Å². The van der Waals surface area contributed by atoms with E-state index in [4.69, 9.17) is 0 Å². The van der Waals surface area contributed by atoms with Crippen LogP contribution in [0.15, 0.2) is 18.2 Å². The maximum atomic E-state index is 9.22. The first-order chi connectivity index (χ1) is 9.10. The summed E-state index contributed by atoms with van der Waals surface area (Å²) in [5.41, 5.74) is 4.01. The highest BCUT2D eigenvalue weighted by Gasteiger charge is 2.22. The van der Waals surface area contributed by atoms with Crippen molar-refractivity contribution >= 4 is 5.69 Å². The molecular formula is C16H26N2O. The summed E-state index contributed by atoms with van der Waals surface area (Å²) >= 11 is 0. The fourth-order valence-corrected chi connectivity index (χ4v) is 2.61. The second-order valence-corrected chi connectivity index (χ2v) is 5.93. The Hall–Kier alpha value is -1.06. The number of aliphatic hydroxyl groups is 1. The first-order valence-electron chi connectivity index (χ1n) is 7.29. The van der Waals surface area contributed by atoms with E-state index in [1.807, 2.05) is 0 Å². The van der Waals surface area contributed by atoms with Crippen molar-refractivity contribution in [3.8, 4) is 0 Å². The number of hydrogen-bond donors (Lipinski definition) is 2. The van der Waals surface area contributed by atoms with Gasteiger partial charge in [0, 0.05) is 43.9 Å². The van der Waals surface area contributed by atoms with E-state index >= 15 is 0 Å². The molecule has 1 aromatic rings. The van der Waals surface area contributed by atoms with Crippen LogP contribution in [-0.2, 0) is 6.54 Å². The summed E-state index contributed by atoms with van der Waals surface area (Å²) in [5, 5.41) is 12.7. The van der Waals surface area contributed by atoms with Crippen molar-refractivity contribution in [2.75, 3.05) is 24.6 Å². The number of benzene rings is 1. The summed E-state index contributed by atoms with van der Waals surface area (Å²) < 4.78 is 0. The summed E-state index contributed by atoms with van der Waals surface area (Å²) in [7, 11) is 0. The zero-order valence-corrected chi connectivity index (χ0v) is 12.3. The smallest absolute Gasteiger partial charge is 0.0476 e. The van der Waals surface area contributed by atoms with E-state index in [0.29, 0.717) is 18.6 Å². The van der Waals surface area contributed by atoms with Crippen LogP contribution in [0.25, 0.3) is 0 Å². The van der Waals surface area contributed by atoms with Crippen LogP contribution in [0, 0.1) is 12.8 Å². The molecule has 0 saturated carbocycles. The molecule has 1 heterocycles. The first kappa shape index (κ1) is 14.4. The molecule has 2 rings (SSSR count). The van der Waals surface area contributed by atoms with Gasteiger partial charge in [0.1, 0.15) is 0 Å². The number of aliphatic hydroxyl groups excluding tert-OH is 1. The summed E-state index contributed by atoms with van der Waals surface area (Å²) in [6, 6.07) is 7.23. The van der Waals surface area contributed by atoms with Crippen LogP contribution < -0.4 is 10.2 Å². The molecule has 1 saturated heterocycles. The number of anilines is 1. The molecule has 19 heavy (non-hydrogen) atoms. The molecule has 1 aromatic carbocycles. The molecule has 0 bridgehead atoms. The fourth-order valence-electron chi connectivity index (χ4n) is 2.61. The van der Waals surface area contributed by atoms with Gasteiger partial charge in [-0.05, 0) is 36.6 Å². The maximum absolute atomic E-state index is 9.22. The SMILES string of the molecule is Cc1cc(N2CCC(CO)C2)ccc1CNC(C)C. The lowest BCUT2D eigenvalue weighted by Gasteiger charge is -2.20. The first-order valence-corrected chi connectivity index (χ1v) is 7.29. The largest absolute Gasteiger partial charge is 0.396 e. The summed E-state index contributed by atoms with van der Waals surface area (Å²) in [6.45, 7) is 9.81. The van der Waals surface area contributed by atoms with Crippen LogP contribution in [0.4, 0.5) is 5.69 Å².